The van der Waals surface area contributed by atoms with Gasteiger partial charge in [-0.3, -0.25) is 0 Å². The van der Waals surface area contributed by atoms with Crippen LogP contribution in [0, 0.1) is 0 Å². The molecule has 0 heteroatoms. The number of hydrogen-bond donors (Lipinski definition) is 0. The lowest BCUT2D eigenvalue weighted by Crippen LogP contribution is -1.74. The molecule has 0 N–H and O–H groups in total. The Labute approximate surface area is 95.8 Å². The summed E-state index contributed by atoms with van der Waals surface area (Å²) in [5.41, 5.74) is 1.38. The van der Waals surface area contributed by atoms with Gasteiger partial charge >= 0.3 is 0 Å². The number of rotatable bonds is 8. The summed E-state index contributed by atoms with van der Waals surface area (Å²) in [7, 11) is 0. The molecule has 0 bridgehead atoms. The average molecular weight is 206 g/mol. The van der Waals surface area contributed by atoms with Crippen LogP contribution in [0.1, 0.15) is 59.3 Å². The SMILES string of the molecule is C/C=C/C/C=C(C)\C=C\CCCCCC. The molecule has 0 aliphatic carbocycles. The molecule has 0 amide bonds. The molecule has 0 atom stereocenters. The van der Waals surface area contributed by atoms with Gasteiger partial charge in [-0.15, -0.1) is 0 Å². The first kappa shape index (κ1) is 14.2. The Kier molecular flexibility index (Phi) is 10.7. The second kappa shape index (κ2) is 11.3. The normalized spacial score (nSPS) is 13.1. The molecule has 0 spiro atoms. The zero-order chi connectivity index (χ0) is 11.4. The van der Waals surface area contributed by atoms with Crippen LogP contribution >= 0.6 is 0 Å². The van der Waals surface area contributed by atoms with E-state index < -0.39 is 0 Å². The van der Waals surface area contributed by atoms with Crippen molar-refractivity contribution < 1.29 is 0 Å². The Balaban J connectivity index is 3.53. The van der Waals surface area contributed by atoms with Crippen LogP contribution in [0.2, 0.25) is 0 Å². The molecule has 0 aliphatic rings. The van der Waals surface area contributed by atoms with E-state index in [9.17, 15) is 0 Å². The van der Waals surface area contributed by atoms with Crippen molar-refractivity contribution in [1.82, 2.24) is 0 Å². The molecule has 0 saturated heterocycles. The molecule has 0 rings (SSSR count). The Bertz CT molecular complexity index is 206. The third-order valence-corrected chi connectivity index (χ3v) is 2.42. The summed E-state index contributed by atoms with van der Waals surface area (Å²) in [6, 6.07) is 0. The van der Waals surface area contributed by atoms with E-state index in [0.717, 1.165) is 6.42 Å². The maximum Gasteiger partial charge on any atom is -0.0164 e. The van der Waals surface area contributed by atoms with Crippen LogP contribution in [-0.4, -0.2) is 0 Å². The molecule has 0 radical (unpaired) electrons. The van der Waals surface area contributed by atoms with Gasteiger partial charge in [0.05, 0.1) is 0 Å². The van der Waals surface area contributed by atoms with Crippen molar-refractivity contribution in [2.24, 2.45) is 0 Å². The average Bonchev–Trinajstić information content (AvgIpc) is 2.23. The lowest BCUT2D eigenvalue weighted by Gasteiger charge is -1.94. The van der Waals surface area contributed by atoms with E-state index in [4.69, 9.17) is 0 Å². The van der Waals surface area contributed by atoms with Crippen molar-refractivity contribution in [1.29, 1.82) is 0 Å². The number of hydrogen-bond acceptors (Lipinski definition) is 0. The molecule has 0 heterocycles. The quantitative estimate of drug-likeness (QED) is 0.282. The smallest absolute Gasteiger partial charge is 0.0164 e. The summed E-state index contributed by atoms with van der Waals surface area (Å²) in [5, 5.41) is 0. The second-order valence-electron chi connectivity index (χ2n) is 4.00. The lowest BCUT2D eigenvalue weighted by atomic mass is 10.1. The molecule has 0 saturated carbocycles. The van der Waals surface area contributed by atoms with Gasteiger partial charge in [0.25, 0.3) is 0 Å². The van der Waals surface area contributed by atoms with Crippen LogP contribution in [0.25, 0.3) is 0 Å². The van der Waals surface area contributed by atoms with Crippen molar-refractivity contribution >= 4 is 0 Å². The van der Waals surface area contributed by atoms with Gasteiger partial charge in [-0.25, -0.2) is 0 Å². The minimum Gasteiger partial charge on any atom is -0.0914 e. The van der Waals surface area contributed by atoms with Crippen LogP contribution in [-0.2, 0) is 0 Å². The van der Waals surface area contributed by atoms with Crippen molar-refractivity contribution in [3.8, 4) is 0 Å². The molecule has 0 fully saturated rings. The Hall–Kier alpha value is -0.780. The Morgan fingerprint density at radius 1 is 1.07 bits per heavy atom. The van der Waals surface area contributed by atoms with Crippen LogP contribution < -0.4 is 0 Å². The maximum atomic E-state index is 2.30. The lowest BCUT2D eigenvalue weighted by molar-refractivity contribution is 0.674. The summed E-state index contributed by atoms with van der Waals surface area (Å²) in [6.07, 6.45) is 18.8. The first-order valence-electron chi connectivity index (χ1n) is 6.25. The first-order valence-corrected chi connectivity index (χ1v) is 6.25. The molecular formula is C15H26. The summed E-state index contributed by atoms with van der Waals surface area (Å²) in [6.45, 7) is 6.49. The zero-order valence-corrected chi connectivity index (χ0v) is 10.6. The van der Waals surface area contributed by atoms with E-state index in [1.54, 1.807) is 0 Å². The highest BCUT2D eigenvalue weighted by atomic mass is 13.9. The minimum absolute atomic E-state index is 1.06. The third kappa shape index (κ3) is 11.1. The molecule has 86 valence electrons. The zero-order valence-electron chi connectivity index (χ0n) is 10.6. The van der Waals surface area contributed by atoms with Gasteiger partial charge < -0.3 is 0 Å². The summed E-state index contributed by atoms with van der Waals surface area (Å²) in [4.78, 5) is 0. The molecule has 0 unspecified atom stereocenters. The fourth-order valence-electron chi connectivity index (χ4n) is 1.42. The van der Waals surface area contributed by atoms with Crippen molar-refractivity contribution in [3.05, 3.63) is 36.0 Å². The maximum absolute atomic E-state index is 2.30. The van der Waals surface area contributed by atoms with Gasteiger partial charge in [0.1, 0.15) is 0 Å². The highest BCUT2D eigenvalue weighted by Gasteiger charge is 1.85. The van der Waals surface area contributed by atoms with Crippen LogP contribution in [0.5, 0.6) is 0 Å². The largest absolute Gasteiger partial charge is 0.0914 e. The molecule has 0 aromatic carbocycles. The number of allylic oxidation sites excluding steroid dienone is 6. The molecule has 0 nitrogen and oxygen atoms in total. The van der Waals surface area contributed by atoms with Crippen molar-refractivity contribution in [3.63, 3.8) is 0 Å². The van der Waals surface area contributed by atoms with Crippen LogP contribution in [0.4, 0.5) is 0 Å². The highest BCUT2D eigenvalue weighted by Crippen LogP contribution is 2.05. The summed E-state index contributed by atoms with van der Waals surface area (Å²) in [5.74, 6) is 0. The predicted octanol–water partition coefficient (Wildman–Crippen LogP) is 5.43. The number of unbranched alkanes of at least 4 members (excludes halogenated alkanes) is 4. The van der Waals surface area contributed by atoms with E-state index in [2.05, 4.69) is 51.2 Å². The third-order valence-electron chi connectivity index (χ3n) is 2.42. The van der Waals surface area contributed by atoms with Crippen molar-refractivity contribution in [2.75, 3.05) is 0 Å². The standard InChI is InChI=1S/C15H26/c1-4-6-8-9-10-12-14-15(3)13-11-7-5-2/h5,7,12-14H,4,6,8-11H2,1-3H3/b7-5+,14-12+,15-13-. The van der Waals surface area contributed by atoms with Gasteiger partial charge in [-0.1, -0.05) is 62.1 Å². The fraction of sp³-hybridized carbons (Fsp3) is 0.600. The van der Waals surface area contributed by atoms with E-state index in [1.165, 1.54) is 37.7 Å². The van der Waals surface area contributed by atoms with E-state index in [0.29, 0.717) is 0 Å². The summed E-state index contributed by atoms with van der Waals surface area (Å²) < 4.78 is 0. The molecule has 0 aliphatic heterocycles. The van der Waals surface area contributed by atoms with Crippen molar-refractivity contribution in [2.45, 2.75) is 59.3 Å². The van der Waals surface area contributed by atoms with Crippen LogP contribution in [0.15, 0.2) is 36.0 Å². The molecular weight excluding hydrogens is 180 g/mol. The fourth-order valence-corrected chi connectivity index (χ4v) is 1.42. The van der Waals surface area contributed by atoms with Gasteiger partial charge in [0.15, 0.2) is 0 Å². The van der Waals surface area contributed by atoms with Crippen LogP contribution in [0.3, 0.4) is 0 Å². The Morgan fingerprint density at radius 3 is 2.53 bits per heavy atom. The van der Waals surface area contributed by atoms with Gasteiger partial charge in [-0.2, -0.15) is 0 Å². The minimum atomic E-state index is 1.06. The second-order valence-corrected chi connectivity index (χ2v) is 4.00. The van der Waals surface area contributed by atoms with Gasteiger partial charge in [0, 0.05) is 0 Å². The van der Waals surface area contributed by atoms with E-state index in [1.807, 2.05) is 0 Å². The molecule has 15 heavy (non-hydrogen) atoms. The van der Waals surface area contributed by atoms with E-state index >= 15 is 0 Å². The Morgan fingerprint density at radius 2 is 1.87 bits per heavy atom. The summed E-state index contributed by atoms with van der Waals surface area (Å²) >= 11 is 0. The molecule has 0 aromatic rings. The monoisotopic (exact) mass is 206 g/mol. The highest BCUT2D eigenvalue weighted by molar-refractivity contribution is 5.16. The first-order chi connectivity index (χ1) is 7.31. The molecule has 0 aromatic heterocycles. The topological polar surface area (TPSA) is 0 Å². The van der Waals surface area contributed by atoms with Gasteiger partial charge in [-0.05, 0) is 33.1 Å². The van der Waals surface area contributed by atoms with E-state index in [-0.39, 0.29) is 0 Å². The van der Waals surface area contributed by atoms with Gasteiger partial charge in [0.2, 0.25) is 0 Å². The predicted molar refractivity (Wildman–Crippen MR) is 71.1 cm³/mol.